The van der Waals surface area contributed by atoms with Crippen LogP contribution in [0.25, 0.3) is 0 Å². The number of rotatable bonds is 6. The molecule has 4 nitrogen and oxygen atoms in total. The van der Waals surface area contributed by atoms with Gasteiger partial charge in [0.15, 0.2) is 0 Å². The molecule has 1 heterocycles. The lowest BCUT2D eigenvalue weighted by Crippen LogP contribution is -2.28. The SMILES string of the molecule is CC(C)(CCNCc1ccccn1)C(=O)O. The van der Waals surface area contributed by atoms with E-state index in [0.29, 0.717) is 19.5 Å². The van der Waals surface area contributed by atoms with Crippen LogP contribution >= 0.6 is 0 Å². The van der Waals surface area contributed by atoms with Gasteiger partial charge in [-0.2, -0.15) is 0 Å². The summed E-state index contributed by atoms with van der Waals surface area (Å²) in [5.41, 5.74) is 0.299. The topological polar surface area (TPSA) is 62.2 Å². The number of nitrogens with zero attached hydrogens (tertiary/aromatic N) is 1. The Bertz CT molecular complexity index is 336. The largest absolute Gasteiger partial charge is 0.481 e. The van der Waals surface area contributed by atoms with E-state index in [1.54, 1.807) is 20.0 Å². The third-order valence-electron chi connectivity index (χ3n) is 2.54. The molecule has 4 heteroatoms. The third-order valence-corrected chi connectivity index (χ3v) is 2.54. The van der Waals surface area contributed by atoms with Crippen molar-refractivity contribution < 1.29 is 9.90 Å². The number of carbonyl (C=O) groups is 1. The number of carboxylic acid groups (broad SMARTS) is 1. The summed E-state index contributed by atoms with van der Waals surface area (Å²) in [7, 11) is 0. The van der Waals surface area contributed by atoms with E-state index in [1.807, 2.05) is 18.2 Å². The second kappa shape index (κ2) is 5.61. The summed E-state index contributed by atoms with van der Waals surface area (Å²) >= 11 is 0. The highest BCUT2D eigenvalue weighted by Gasteiger charge is 2.25. The predicted octanol–water partition coefficient (Wildman–Crippen LogP) is 1.67. The molecule has 2 N–H and O–H groups in total. The third kappa shape index (κ3) is 3.98. The van der Waals surface area contributed by atoms with E-state index in [-0.39, 0.29) is 0 Å². The Morgan fingerprint density at radius 1 is 1.50 bits per heavy atom. The first kappa shape index (κ1) is 12.6. The van der Waals surface area contributed by atoms with Crippen molar-refractivity contribution in [3.8, 4) is 0 Å². The Balaban J connectivity index is 2.25. The number of pyridine rings is 1. The highest BCUT2D eigenvalue weighted by atomic mass is 16.4. The molecule has 1 aromatic rings. The molecule has 0 spiro atoms. The summed E-state index contributed by atoms with van der Waals surface area (Å²) in [6.45, 7) is 4.82. The average Bonchev–Trinajstić information content (AvgIpc) is 2.26. The number of aliphatic carboxylic acids is 1. The Morgan fingerprint density at radius 2 is 2.25 bits per heavy atom. The van der Waals surface area contributed by atoms with Crippen molar-refractivity contribution in [2.45, 2.75) is 26.8 Å². The molecule has 0 fully saturated rings. The normalized spacial score (nSPS) is 11.4. The van der Waals surface area contributed by atoms with E-state index in [2.05, 4.69) is 10.3 Å². The predicted molar refractivity (Wildman–Crippen MR) is 62.0 cm³/mol. The molecule has 1 aromatic heterocycles. The van der Waals surface area contributed by atoms with Crippen molar-refractivity contribution in [3.63, 3.8) is 0 Å². The Hall–Kier alpha value is -1.42. The molecule has 1 rings (SSSR count). The molecule has 0 saturated carbocycles. The first-order valence-electron chi connectivity index (χ1n) is 5.36. The molecule has 0 radical (unpaired) electrons. The summed E-state index contributed by atoms with van der Waals surface area (Å²) in [6, 6.07) is 5.75. The standard InChI is InChI=1S/C12H18N2O2/c1-12(2,11(15)16)6-8-13-9-10-5-3-4-7-14-10/h3-5,7,13H,6,8-9H2,1-2H3,(H,15,16). The van der Waals surface area contributed by atoms with Gasteiger partial charge < -0.3 is 10.4 Å². The molecule has 0 aliphatic carbocycles. The number of nitrogens with one attached hydrogen (secondary N) is 1. The van der Waals surface area contributed by atoms with Crippen molar-refractivity contribution in [2.75, 3.05) is 6.54 Å². The van der Waals surface area contributed by atoms with Gasteiger partial charge >= 0.3 is 5.97 Å². The maximum atomic E-state index is 10.8. The van der Waals surface area contributed by atoms with Crippen molar-refractivity contribution in [2.24, 2.45) is 5.41 Å². The van der Waals surface area contributed by atoms with Gasteiger partial charge in [0.25, 0.3) is 0 Å². The van der Waals surface area contributed by atoms with Gasteiger partial charge in [-0.05, 0) is 38.9 Å². The van der Waals surface area contributed by atoms with Gasteiger partial charge in [0, 0.05) is 12.7 Å². The van der Waals surface area contributed by atoms with Crippen LogP contribution in [0, 0.1) is 5.41 Å². The molecular weight excluding hydrogens is 204 g/mol. The van der Waals surface area contributed by atoms with E-state index in [1.165, 1.54) is 0 Å². The fourth-order valence-electron chi connectivity index (χ4n) is 1.23. The van der Waals surface area contributed by atoms with E-state index < -0.39 is 11.4 Å². The summed E-state index contributed by atoms with van der Waals surface area (Å²) in [4.78, 5) is 15.0. The average molecular weight is 222 g/mol. The van der Waals surface area contributed by atoms with Crippen LogP contribution in [0.5, 0.6) is 0 Å². The summed E-state index contributed by atoms with van der Waals surface area (Å²) in [5.74, 6) is -0.757. The highest BCUT2D eigenvalue weighted by molar-refractivity contribution is 5.73. The summed E-state index contributed by atoms with van der Waals surface area (Å²) < 4.78 is 0. The maximum Gasteiger partial charge on any atom is 0.309 e. The van der Waals surface area contributed by atoms with Crippen LogP contribution in [0.3, 0.4) is 0 Å². The van der Waals surface area contributed by atoms with Gasteiger partial charge in [-0.1, -0.05) is 6.07 Å². The van der Waals surface area contributed by atoms with Gasteiger partial charge in [-0.3, -0.25) is 9.78 Å². The van der Waals surface area contributed by atoms with Crippen molar-refractivity contribution in [1.29, 1.82) is 0 Å². The van der Waals surface area contributed by atoms with Gasteiger partial charge in [-0.15, -0.1) is 0 Å². The quantitative estimate of drug-likeness (QED) is 0.719. The maximum absolute atomic E-state index is 10.8. The Labute approximate surface area is 95.7 Å². The lowest BCUT2D eigenvalue weighted by Gasteiger charge is -2.18. The minimum Gasteiger partial charge on any atom is -0.481 e. The first-order valence-corrected chi connectivity index (χ1v) is 5.36. The van der Waals surface area contributed by atoms with Gasteiger partial charge in [0.05, 0.1) is 11.1 Å². The van der Waals surface area contributed by atoms with Crippen molar-refractivity contribution in [1.82, 2.24) is 10.3 Å². The fraction of sp³-hybridized carbons (Fsp3) is 0.500. The zero-order valence-corrected chi connectivity index (χ0v) is 9.73. The highest BCUT2D eigenvalue weighted by Crippen LogP contribution is 2.19. The fourth-order valence-corrected chi connectivity index (χ4v) is 1.23. The van der Waals surface area contributed by atoms with Gasteiger partial charge in [0.2, 0.25) is 0 Å². The zero-order chi connectivity index (χ0) is 12.0. The summed E-state index contributed by atoms with van der Waals surface area (Å²) in [6.07, 6.45) is 2.35. The lowest BCUT2D eigenvalue weighted by atomic mass is 9.90. The molecule has 0 saturated heterocycles. The number of hydrogen-bond acceptors (Lipinski definition) is 3. The molecular formula is C12H18N2O2. The van der Waals surface area contributed by atoms with Crippen LogP contribution in [-0.4, -0.2) is 22.6 Å². The van der Waals surface area contributed by atoms with Gasteiger partial charge in [-0.25, -0.2) is 0 Å². The van der Waals surface area contributed by atoms with Crippen LogP contribution in [0.4, 0.5) is 0 Å². The molecule has 0 aliphatic heterocycles. The van der Waals surface area contributed by atoms with E-state index in [4.69, 9.17) is 5.11 Å². The molecule has 0 aromatic carbocycles. The molecule has 16 heavy (non-hydrogen) atoms. The molecule has 0 aliphatic rings. The van der Waals surface area contributed by atoms with Crippen molar-refractivity contribution >= 4 is 5.97 Å². The van der Waals surface area contributed by atoms with Crippen molar-refractivity contribution in [3.05, 3.63) is 30.1 Å². The monoisotopic (exact) mass is 222 g/mol. The van der Waals surface area contributed by atoms with Crippen LogP contribution in [0.15, 0.2) is 24.4 Å². The van der Waals surface area contributed by atoms with Gasteiger partial charge in [0.1, 0.15) is 0 Å². The van der Waals surface area contributed by atoms with Crippen LogP contribution in [0.2, 0.25) is 0 Å². The molecule has 0 atom stereocenters. The van der Waals surface area contributed by atoms with Crippen LogP contribution in [0.1, 0.15) is 26.0 Å². The number of carboxylic acids is 1. The molecule has 0 bridgehead atoms. The Kier molecular flexibility index (Phi) is 4.43. The minimum atomic E-state index is -0.757. The van der Waals surface area contributed by atoms with E-state index >= 15 is 0 Å². The molecule has 0 unspecified atom stereocenters. The van der Waals surface area contributed by atoms with E-state index in [9.17, 15) is 4.79 Å². The molecule has 88 valence electrons. The first-order chi connectivity index (χ1) is 7.52. The smallest absolute Gasteiger partial charge is 0.309 e. The minimum absolute atomic E-state index is 0.606. The van der Waals surface area contributed by atoms with Crippen LogP contribution < -0.4 is 5.32 Å². The van der Waals surface area contributed by atoms with Crippen LogP contribution in [-0.2, 0) is 11.3 Å². The zero-order valence-electron chi connectivity index (χ0n) is 9.73. The molecule has 0 amide bonds. The number of hydrogen-bond donors (Lipinski definition) is 2. The Morgan fingerprint density at radius 3 is 2.81 bits per heavy atom. The summed E-state index contributed by atoms with van der Waals surface area (Å²) in [5, 5.41) is 12.1. The van der Waals surface area contributed by atoms with E-state index in [0.717, 1.165) is 5.69 Å². The second-order valence-electron chi connectivity index (χ2n) is 4.44. The lowest BCUT2D eigenvalue weighted by molar-refractivity contribution is -0.147. The second-order valence-corrected chi connectivity index (χ2v) is 4.44. The number of aromatic nitrogens is 1.